The number of thioether (sulfide) groups is 1. The number of hydrogen-bond donors (Lipinski definition) is 0. The minimum absolute atomic E-state index is 0.431. The zero-order valence-corrected chi connectivity index (χ0v) is 10.4. The van der Waals surface area contributed by atoms with Crippen molar-refractivity contribution in [2.45, 2.75) is 19.8 Å². The Balaban J connectivity index is 2.27. The van der Waals surface area contributed by atoms with Crippen molar-refractivity contribution >= 4 is 28.2 Å². The largest absolute Gasteiger partial charge is 0.153 e. The van der Waals surface area contributed by atoms with E-state index in [0.29, 0.717) is 5.69 Å². The molecule has 0 radical (unpaired) electrons. The highest BCUT2D eigenvalue weighted by Gasteiger charge is 2.14. The van der Waals surface area contributed by atoms with E-state index in [2.05, 4.69) is 22.3 Å². The second kappa shape index (κ2) is 5.72. The van der Waals surface area contributed by atoms with E-state index in [-0.39, 0.29) is 0 Å². The molecule has 0 bridgehead atoms. The smallest absolute Gasteiger partial charge is 0.117 e. The molecule has 5 heteroatoms. The predicted molar refractivity (Wildman–Crippen MR) is 73.2 cm³/mol. The van der Waals surface area contributed by atoms with E-state index >= 15 is 0 Å². The first-order valence-electron chi connectivity index (χ1n) is 5.54. The molecule has 2 rings (SSSR count). The van der Waals surface area contributed by atoms with Crippen LogP contribution in [0.15, 0.2) is 39.6 Å². The lowest BCUT2D eigenvalue weighted by Crippen LogP contribution is -2.11. The molecule has 88 valence electrons. The van der Waals surface area contributed by atoms with E-state index in [4.69, 9.17) is 0 Å². The van der Waals surface area contributed by atoms with Gasteiger partial charge in [0.05, 0.1) is 10.8 Å². The fourth-order valence-corrected chi connectivity index (χ4v) is 2.55. The standard InChI is InChI=1S/C12H13N3OS/c1-2-5-12-14-13-11(8-17-12)9-6-3-4-7-10(9)15-16/h3-4,6-7H,2,5,8H2,1H3. The normalized spacial score (nSPS) is 15.1. The molecule has 1 heterocycles. The molecular weight excluding hydrogens is 234 g/mol. The van der Waals surface area contributed by atoms with Crippen LogP contribution < -0.4 is 0 Å². The molecule has 17 heavy (non-hydrogen) atoms. The number of rotatable bonds is 4. The molecule has 1 aromatic rings. The molecule has 0 atom stereocenters. The first-order valence-corrected chi connectivity index (χ1v) is 6.52. The molecule has 0 saturated carbocycles. The average Bonchev–Trinajstić information content (AvgIpc) is 2.40. The van der Waals surface area contributed by atoms with Gasteiger partial charge in [-0.1, -0.05) is 25.1 Å². The Kier molecular flexibility index (Phi) is 4.03. The Hall–Kier alpha value is -1.49. The van der Waals surface area contributed by atoms with Gasteiger partial charge in [-0.15, -0.1) is 21.8 Å². The summed E-state index contributed by atoms with van der Waals surface area (Å²) in [6, 6.07) is 7.22. The van der Waals surface area contributed by atoms with Gasteiger partial charge in [-0.05, 0) is 24.1 Å². The Bertz CT molecular complexity index is 482. The maximum atomic E-state index is 10.7. The van der Waals surface area contributed by atoms with Crippen molar-refractivity contribution in [3.8, 4) is 0 Å². The molecule has 1 aliphatic rings. The number of nitroso groups, excluding NO2 is 1. The highest BCUT2D eigenvalue weighted by atomic mass is 32.2. The Morgan fingerprint density at radius 3 is 2.82 bits per heavy atom. The molecule has 0 saturated heterocycles. The van der Waals surface area contributed by atoms with Gasteiger partial charge in [0.25, 0.3) is 0 Å². The molecule has 4 nitrogen and oxygen atoms in total. The SMILES string of the molecule is CCCC1=NN=C(c2ccccc2N=O)CS1. The molecule has 1 aliphatic heterocycles. The highest BCUT2D eigenvalue weighted by Crippen LogP contribution is 2.24. The van der Waals surface area contributed by atoms with Gasteiger partial charge in [0.2, 0.25) is 0 Å². The Labute approximate surface area is 104 Å². The van der Waals surface area contributed by atoms with Crippen LogP contribution in [0, 0.1) is 4.91 Å². The lowest BCUT2D eigenvalue weighted by molar-refractivity contribution is 0.994. The van der Waals surface area contributed by atoms with Crippen molar-refractivity contribution in [2.24, 2.45) is 15.4 Å². The van der Waals surface area contributed by atoms with E-state index < -0.39 is 0 Å². The molecule has 1 aromatic carbocycles. The molecular formula is C12H13N3OS. The quantitative estimate of drug-likeness (QED) is 0.761. The summed E-state index contributed by atoms with van der Waals surface area (Å²) in [7, 11) is 0. The summed E-state index contributed by atoms with van der Waals surface area (Å²) in [5.74, 6) is 0.755. The molecule has 0 amide bonds. The second-order valence-corrected chi connectivity index (χ2v) is 4.74. The number of benzene rings is 1. The van der Waals surface area contributed by atoms with Crippen molar-refractivity contribution in [3.05, 3.63) is 34.7 Å². The van der Waals surface area contributed by atoms with E-state index in [1.54, 1.807) is 23.9 Å². The lowest BCUT2D eigenvalue weighted by Gasteiger charge is -2.11. The Morgan fingerprint density at radius 1 is 1.35 bits per heavy atom. The topological polar surface area (TPSA) is 54.1 Å². The first-order chi connectivity index (χ1) is 8.35. The molecule has 0 aromatic heterocycles. The van der Waals surface area contributed by atoms with Gasteiger partial charge in [-0.2, -0.15) is 5.10 Å². The summed E-state index contributed by atoms with van der Waals surface area (Å²) in [4.78, 5) is 10.7. The third kappa shape index (κ3) is 2.79. The molecule has 0 unspecified atom stereocenters. The van der Waals surface area contributed by atoms with Gasteiger partial charge in [0.1, 0.15) is 5.69 Å². The van der Waals surface area contributed by atoms with E-state index in [0.717, 1.165) is 34.9 Å². The maximum absolute atomic E-state index is 10.7. The fraction of sp³-hybridized carbons (Fsp3) is 0.333. The highest BCUT2D eigenvalue weighted by molar-refractivity contribution is 8.14. The van der Waals surface area contributed by atoms with Gasteiger partial charge in [-0.3, -0.25) is 0 Å². The van der Waals surface area contributed by atoms with Crippen molar-refractivity contribution in [1.29, 1.82) is 0 Å². The molecule has 0 fully saturated rings. The second-order valence-electron chi connectivity index (χ2n) is 3.69. The lowest BCUT2D eigenvalue weighted by atomic mass is 10.1. The summed E-state index contributed by atoms with van der Waals surface area (Å²) >= 11 is 1.69. The van der Waals surface area contributed by atoms with Crippen LogP contribution in [-0.4, -0.2) is 16.5 Å². The zero-order chi connectivity index (χ0) is 12.1. The fourth-order valence-electron chi connectivity index (χ4n) is 1.59. The number of hydrogen-bond acceptors (Lipinski definition) is 5. The van der Waals surface area contributed by atoms with Crippen LogP contribution in [0.2, 0.25) is 0 Å². The van der Waals surface area contributed by atoms with Crippen molar-refractivity contribution < 1.29 is 0 Å². The van der Waals surface area contributed by atoms with Crippen LogP contribution in [0.25, 0.3) is 0 Å². The Morgan fingerprint density at radius 2 is 2.18 bits per heavy atom. The first kappa shape index (κ1) is 12.0. The van der Waals surface area contributed by atoms with Gasteiger partial charge >= 0.3 is 0 Å². The van der Waals surface area contributed by atoms with Gasteiger partial charge in [-0.25, -0.2) is 0 Å². The molecule has 0 N–H and O–H groups in total. The van der Waals surface area contributed by atoms with Crippen LogP contribution in [0.5, 0.6) is 0 Å². The summed E-state index contributed by atoms with van der Waals surface area (Å²) in [6.45, 7) is 2.12. The summed E-state index contributed by atoms with van der Waals surface area (Å²) in [5, 5.41) is 12.4. The maximum Gasteiger partial charge on any atom is 0.117 e. The van der Waals surface area contributed by atoms with Crippen LogP contribution in [0.1, 0.15) is 25.3 Å². The van der Waals surface area contributed by atoms with Crippen LogP contribution >= 0.6 is 11.8 Å². The predicted octanol–water partition coefficient (Wildman–Crippen LogP) is 3.73. The van der Waals surface area contributed by atoms with E-state index in [1.807, 2.05) is 12.1 Å². The van der Waals surface area contributed by atoms with Gasteiger partial charge in [0, 0.05) is 11.3 Å². The van der Waals surface area contributed by atoms with Gasteiger partial charge < -0.3 is 0 Å². The average molecular weight is 247 g/mol. The zero-order valence-electron chi connectivity index (χ0n) is 9.59. The van der Waals surface area contributed by atoms with E-state index in [9.17, 15) is 4.91 Å². The van der Waals surface area contributed by atoms with Crippen LogP contribution in [-0.2, 0) is 0 Å². The summed E-state index contributed by atoms with van der Waals surface area (Å²) in [6.07, 6.45) is 2.04. The summed E-state index contributed by atoms with van der Waals surface area (Å²) < 4.78 is 0. The minimum Gasteiger partial charge on any atom is -0.153 e. The number of nitrogens with zero attached hydrogens (tertiary/aromatic N) is 3. The van der Waals surface area contributed by atoms with E-state index in [1.165, 1.54) is 0 Å². The van der Waals surface area contributed by atoms with Crippen molar-refractivity contribution in [2.75, 3.05) is 5.75 Å². The monoisotopic (exact) mass is 247 g/mol. The van der Waals surface area contributed by atoms with Crippen LogP contribution in [0.4, 0.5) is 5.69 Å². The molecule has 0 spiro atoms. The van der Waals surface area contributed by atoms with Crippen molar-refractivity contribution in [1.82, 2.24) is 0 Å². The molecule has 0 aliphatic carbocycles. The summed E-state index contributed by atoms with van der Waals surface area (Å²) in [5.41, 5.74) is 2.04. The third-order valence-electron chi connectivity index (χ3n) is 2.43. The van der Waals surface area contributed by atoms with Crippen molar-refractivity contribution in [3.63, 3.8) is 0 Å². The third-order valence-corrected chi connectivity index (χ3v) is 3.47. The van der Waals surface area contributed by atoms with Gasteiger partial charge in [0.15, 0.2) is 0 Å². The van der Waals surface area contributed by atoms with Crippen LogP contribution in [0.3, 0.4) is 0 Å². The minimum atomic E-state index is 0.431.